The minimum absolute atomic E-state index is 0.0103. The van der Waals surface area contributed by atoms with Crippen LogP contribution in [0.15, 0.2) is 42.5 Å². The molecule has 3 rings (SSSR count). The molecular weight excluding hydrogens is 380 g/mol. The molecule has 160 valence electrons. The largest absolute Gasteiger partial charge is 0.366 e. The summed E-state index contributed by atoms with van der Waals surface area (Å²) in [7, 11) is 3.94. The molecule has 2 aromatic rings. The van der Waals surface area contributed by atoms with Gasteiger partial charge in [-0.25, -0.2) is 0 Å². The topological polar surface area (TPSA) is 78.7 Å². The zero-order valence-electron chi connectivity index (χ0n) is 17.9. The normalized spacial score (nSPS) is 14.7. The van der Waals surface area contributed by atoms with Gasteiger partial charge in [-0.15, -0.1) is 0 Å². The summed E-state index contributed by atoms with van der Waals surface area (Å²) in [6.07, 6.45) is 3.05. The Bertz CT molecular complexity index is 890. The Morgan fingerprint density at radius 1 is 1.17 bits per heavy atom. The predicted octanol–water partition coefficient (Wildman–Crippen LogP) is 3.79. The monoisotopic (exact) mass is 410 g/mol. The van der Waals surface area contributed by atoms with Gasteiger partial charge in [0.2, 0.25) is 0 Å². The highest BCUT2D eigenvalue weighted by Crippen LogP contribution is 2.31. The summed E-state index contributed by atoms with van der Waals surface area (Å²) < 4.78 is 0. The van der Waals surface area contributed by atoms with Gasteiger partial charge in [0.25, 0.3) is 11.6 Å². The highest BCUT2D eigenvalue weighted by molar-refractivity contribution is 5.95. The zero-order valence-corrected chi connectivity index (χ0v) is 17.9. The van der Waals surface area contributed by atoms with E-state index in [0.29, 0.717) is 17.8 Å². The maximum Gasteiger partial charge on any atom is 0.293 e. The maximum atomic E-state index is 12.7. The van der Waals surface area contributed by atoms with Crippen LogP contribution in [0.25, 0.3) is 0 Å². The lowest BCUT2D eigenvalue weighted by molar-refractivity contribution is -0.384. The van der Waals surface area contributed by atoms with Gasteiger partial charge >= 0.3 is 0 Å². The van der Waals surface area contributed by atoms with Crippen molar-refractivity contribution in [1.29, 1.82) is 0 Å². The molecule has 1 heterocycles. The summed E-state index contributed by atoms with van der Waals surface area (Å²) in [5.74, 6) is -0.303. The molecule has 1 amide bonds. The number of amides is 1. The number of rotatable bonds is 8. The van der Waals surface area contributed by atoms with Gasteiger partial charge in [-0.2, -0.15) is 0 Å². The molecular formula is C23H30N4O3. The Hall–Kier alpha value is -2.93. The van der Waals surface area contributed by atoms with E-state index in [2.05, 4.69) is 41.4 Å². The molecule has 2 aromatic carbocycles. The van der Waals surface area contributed by atoms with E-state index >= 15 is 0 Å². The molecule has 0 spiro atoms. The van der Waals surface area contributed by atoms with Gasteiger partial charge in [0.15, 0.2) is 0 Å². The third kappa shape index (κ3) is 4.97. The highest BCUT2D eigenvalue weighted by atomic mass is 16.6. The lowest BCUT2D eigenvalue weighted by Gasteiger charge is -2.25. The molecule has 0 aromatic heterocycles. The predicted molar refractivity (Wildman–Crippen MR) is 119 cm³/mol. The number of aryl methyl sites for hydroxylation is 1. The summed E-state index contributed by atoms with van der Waals surface area (Å²) in [6, 6.07) is 13.2. The van der Waals surface area contributed by atoms with Crippen LogP contribution in [-0.2, 0) is 6.42 Å². The molecule has 1 unspecified atom stereocenters. The average molecular weight is 411 g/mol. The van der Waals surface area contributed by atoms with E-state index in [1.807, 2.05) is 19.0 Å². The molecule has 1 aliphatic rings. The number of nitrogens with zero attached hydrogens (tertiary/aromatic N) is 3. The van der Waals surface area contributed by atoms with Crippen molar-refractivity contribution >= 4 is 17.3 Å². The SMILES string of the molecule is CCc1ccc(C(CNC(=O)c2ccc(N3CCCC3)c([N+](=O)[O-])c2)N(C)C)cc1. The molecule has 7 nitrogen and oxygen atoms in total. The Balaban J connectivity index is 1.73. The van der Waals surface area contributed by atoms with Crippen molar-refractivity contribution in [3.05, 3.63) is 69.3 Å². The van der Waals surface area contributed by atoms with Gasteiger partial charge in [-0.1, -0.05) is 31.2 Å². The fraction of sp³-hybridized carbons (Fsp3) is 0.435. The number of nitro benzene ring substituents is 1. The molecule has 1 saturated heterocycles. The number of anilines is 1. The zero-order chi connectivity index (χ0) is 21.7. The van der Waals surface area contributed by atoms with Crippen LogP contribution in [0.4, 0.5) is 11.4 Å². The van der Waals surface area contributed by atoms with Crippen LogP contribution in [0.5, 0.6) is 0 Å². The van der Waals surface area contributed by atoms with E-state index in [1.54, 1.807) is 12.1 Å². The Kier molecular flexibility index (Phi) is 7.05. The fourth-order valence-electron chi connectivity index (χ4n) is 3.90. The quantitative estimate of drug-likeness (QED) is 0.529. The van der Waals surface area contributed by atoms with E-state index in [4.69, 9.17) is 0 Å². The van der Waals surface area contributed by atoms with Gasteiger partial charge in [-0.3, -0.25) is 14.9 Å². The van der Waals surface area contributed by atoms with E-state index in [0.717, 1.165) is 37.9 Å². The molecule has 0 aliphatic carbocycles. The number of benzene rings is 2. The smallest absolute Gasteiger partial charge is 0.293 e. The van der Waals surface area contributed by atoms with E-state index < -0.39 is 4.92 Å². The molecule has 0 bridgehead atoms. The summed E-state index contributed by atoms with van der Waals surface area (Å²) >= 11 is 0. The first-order valence-electron chi connectivity index (χ1n) is 10.5. The highest BCUT2D eigenvalue weighted by Gasteiger charge is 2.24. The van der Waals surface area contributed by atoms with Crippen LogP contribution in [0, 0.1) is 10.1 Å². The maximum absolute atomic E-state index is 12.7. The number of nitro groups is 1. The van der Waals surface area contributed by atoms with E-state index in [9.17, 15) is 14.9 Å². The number of likely N-dealkylation sites (N-methyl/N-ethyl adjacent to an activating group) is 1. The standard InChI is InChI=1S/C23H30N4O3/c1-4-17-7-9-18(10-8-17)22(25(2)3)16-24-23(28)19-11-12-20(21(15-19)27(29)30)26-13-5-6-14-26/h7-12,15,22H,4-6,13-14,16H2,1-3H3,(H,24,28). The third-order valence-corrected chi connectivity index (χ3v) is 5.73. The van der Waals surface area contributed by atoms with Crippen LogP contribution in [0.3, 0.4) is 0 Å². The number of hydrogen-bond donors (Lipinski definition) is 1. The third-order valence-electron chi connectivity index (χ3n) is 5.73. The average Bonchev–Trinajstić information content (AvgIpc) is 3.28. The van der Waals surface area contributed by atoms with Crippen LogP contribution in [-0.4, -0.2) is 49.5 Å². The van der Waals surface area contributed by atoms with Crippen molar-refractivity contribution in [3.8, 4) is 0 Å². The van der Waals surface area contributed by atoms with E-state index in [-0.39, 0.29) is 17.6 Å². The van der Waals surface area contributed by atoms with Crippen molar-refractivity contribution in [2.45, 2.75) is 32.2 Å². The molecule has 0 saturated carbocycles. The van der Waals surface area contributed by atoms with Gasteiger partial charge in [0.1, 0.15) is 5.69 Å². The molecule has 1 aliphatic heterocycles. The molecule has 0 radical (unpaired) electrons. The molecule has 1 fully saturated rings. The molecule has 1 atom stereocenters. The minimum Gasteiger partial charge on any atom is -0.366 e. The number of carbonyl (C=O) groups is 1. The Morgan fingerprint density at radius 3 is 2.40 bits per heavy atom. The number of carbonyl (C=O) groups excluding carboxylic acids is 1. The van der Waals surface area contributed by atoms with Crippen LogP contribution in [0.1, 0.15) is 47.3 Å². The summed E-state index contributed by atoms with van der Waals surface area (Å²) in [6.45, 7) is 4.16. The van der Waals surface area contributed by atoms with Crippen molar-refractivity contribution < 1.29 is 9.72 Å². The first kappa shape index (κ1) is 21.8. The van der Waals surface area contributed by atoms with Gasteiger partial charge in [-0.05, 0) is 56.6 Å². The van der Waals surface area contributed by atoms with E-state index in [1.165, 1.54) is 11.6 Å². The first-order valence-corrected chi connectivity index (χ1v) is 10.5. The second kappa shape index (κ2) is 9.71. The molecule has 30 heavy (non-hydrogen) atoms. The van der Waals surface area contributed by atoms with Gasteiger partial charge < -0.3 is 15.1 Å². The second-order valence-electron chi connectivity index (χ2n) is 7.94. The summed E-state index contributed by atoms with van der Waals surface area (Å²) in [5.41, 5.74) is 3.28. The molecule has 7 heteroatoms. The fourth-order valence-corrected chi connectivity index (χ4v) is 3.90. The van der Waals surface area contributed by atoms with Gasteiger partial charge in [0, 0.05) is 31.3 Å². The summed E-state index contributed by atoms with van der Waals surface area (Å²) in [5, 5.41) is 14.5. The van der Waals surface area contributed by atoms with Crippen molar-refractivity contribution in [2.24, 2.45) is 0 Å². The Morgan fingerprint density at radius 2 is 1.83 bits per heavy atom. The molecule has 1 N–H and O–H groups in total. The summed E-state index contributed by atoms with van der Waals surface area (Å²) in [4.78, 5) is 28.0. The Labute approximate surface area is 177 Å². The van der Waals surface area contributed by atoms with Crippen molar-refractivity contribution in [1.82, 2.24) is 10.2 Å². The van der Waals surface area contributed by atoms with Crippen molar-refractivity contribution in [3.63, 3.8) is 0 Å². The number of nitrogens with one attached hydrogen (secondary N) is 1. The first-order chi connectivity index (χ1) is 14.4. The lowest BCUT2D eigenvalue weighted by atomic mass is 10.0. The van der Waals surface area contributed by atoms with Crippen LogP contribution < -0.4 is 10.2 Å². The number of hydrogen-bond acceptors (Lipinski definition) is 5. The van der Waals surface area contributed by atoms with Crippen LogP contribution >= 0.6 is 0 Å². The van der Waals surface area contributed by atoms with Gasteiger partial charge in [0.05, 0.1) is 11.0 Å². The van der Waals surface area contributed by atoms with Crippen molar-refractivity contribution in [2.75, 3.05) is 38.6 Å². The minimum atomic E-state index is -0.400. The second-order valence-corrected chi connectivity index (χ2v) is 7.94. The van der Waals surface area contributed by atoms with Crippen LogP contribution in [0.2, 0.25) is 0 Å². The lowest BCUT2D eigenvalue weighted by Crippen LogP contribution is -2.34.